The lowest BCUT2D eigenvalue weighted by Gasteiger charge is -2.14. The van der Waals surface area contributed by atoms with Gasteiger partial charge in [-0.15, -0.1) is 0 Å². The summed E-state index contributed by atoms with van der Waals surface area (Å²) in [6, 6.07) is 5.63. The maximum absolute atomic E-state index is 11.9. The zero-order valence-corrected chi connectivity index (χ0v) is 16.1. The molecule has 0 amide bonds. The Balaban J connectivity index is 2.26. The van der Waals surface area contributed by atoms with E-state index in [1.54, 1.807) is 6.07 Å². The number of hydrogen-bond acceptors (Lipinski definition) is 4. The van der Waals surface area contributed by atoms with Gasteiger partial charge in [-0.1, -0.05) is 45.2 Å². The van der Waals surface area contributed by atoms with Crippen molar-refractivity contribution in [2.75, 3.05) is 6.61 Å². The molecule has 1 aromatic carbocycles. The third-order valence-corrected chi connectivity index (χ3v) is 4.56. The Hall–Kier alpha value is -1.84. The van der Waals surface area contributed by atoms with Crippen LogP contribution in [0.5, 0.6) is 5.75 Å². The van der Waals surface area contributed by atoms with Gasteiger partial charge in [-0.3, -0.25) is 9.59 Å². The predicted molar refractivity (Wildman–Crippen MR) is 99.7 cm³/mol. The summed E-state index contributed by atoms with van der Waals surface area (Å²) in [5.41, 5.74) is 2.05. The number of rotatable bonds is 11. The van der Waals surface area contributed by atoms with Crippen LogP contribution in [0.1, 0.15) is 69.9 Å². The second-order valence-corrected chi connectivity index (χ2v) is 6.63. The highest BCUT2D eigenvalue weighted by molar-refractivity contribution is 5.74. The first-order valence-electron chi connectivity index (χ1n) is 9.40. The Morgan fingerprint density at radius 1 is 1.04 bits per heavy atom. The molecule has 0 radical (unpaired) electrons. The SMILES string of the molecule is CCCCC(CC)COC(=O)CCCC(=O)Oc1cccc(C)c1C. The number of carbonyl (C=O) groups is 2. The zero-order chi connectivity index (χ0) is 18.7. The van der Waals surface area contributed by atoms with Gasteiger partial charge in [0.2, 0.25) is 0 Å². The molecule has 0 aromatic heterocycles. The van der Waals surface area contributed by atoms with E-state index in [-0.39, 0.29) is 24.8 Å². The molecule has 0 aliphatic rings. The fourth-order valence-corrected chi connectivity index (χ4v) is 2.57. The van der Waals surface area contributed by atoms with Gasteiger partial charge in [0.05, 0.1) is 6.61 Å². The fourth-order valence-electron chi connectivity index (χ4n) is 2.57. The maximum Gasteiger partial charge on any atom is 0.311 e. The molecular formula is C21H32O4. The van der Waals surface area contributed by atoms with Crippen LogP contribution < -0.4 is 4.74 Å². The molecule has 0 spiro atoms. The van der Waals surface area contributed by atoms with Crippen LogP contribution in [-0.2, 0) is 14.3 Å². The third-order valence-electron chi connectivity index (χ3n) is 4.56. The Labute approximate surface area is 151 Å². The quantitative estimate of drug-likeness (QED) is 0.410. The van der Waals surface area contributed by atoms with Crippen LogP contribution in [0.4, 0.5) is 0 Å². The smallest absolute Gasteiger partial charge is 0.311 e. The lowest BCUT2D eigenvalue weighted by Crippen LogP contribution is -2.15. The van der Waals surface area contributed by atoms with E-state index in [4.69, 9.17) is 9.47 Å². The van der Waals surface area contributed by atoms with E-state index in [1.807, 2.05) is 26.0 Å². The molecular weight excluding hydrogens is 316 g/mol. The average Bonchev–Trinajstić information content (AvgIpc) is 2.59. The second-order valence-electron chi connectivity index (χ2n) is 6.63. The highest BCUT2D eigenvalue weighted by Crippen LogP contribution is 2.21. The Morgan fingerprint density at radius 2 is 1.76 bits per heavy atom. The molecule has 25 heavy (non-hydrogen) atoms. The van der Waals surface area contributed by atoms with E-state index in [1.165, 1.54) is 6.42 Å². The van der Waals surface area contributed by atoms with Crippen LogP contribution in [0.25, 0.3) is 0 Å². The first-order chi connectivity index (χ1) is 12.0. The van der Waals surface area contributed by atoms with Crippen molar-refractivity contribution in [1.29, 1.82) is 0 Å². The van der Waals surface area contributed by atoms with E-state index in [0.717, 1.165) is 30.4 Å². The molecule has 0 saturated carbocycles. The van der Waals surface area contributed by atoms with E-state index in [2.05, 4.69) is 13.8 Å². The second kappa shape index (κ2) is 11.7. The van der Waals surface area contributed by atoms with E-state index in [9.17, 15) is 9.59 Å². The molecule has 4 nitrogen and oxygen atoms in total. The summed E-state index contributed by atoms with van der Waals surface area (Å²) < 4.78 is 10.7. The Morgan fingerprint density at radius 3 is 2.44 bits per heavy atom. The maximum atomic E-state index is 11.9. The number of esters is 2. The van der Waals surface area contributed by atoms with Gasteiger partial charge in [-0.25, -0.2) is 0 Å². The molecule has 4 heteroatoms. The van der Waals surface area contributed by atoms with Crippen LogP contribution in [0, 0.1) is 19.8 Å². The fraction of sp³-hybridized carbons (Fsp3) is 0.619. The molecule has 1 atom stereocenters. The van der Waals surface area contributed by atoms with E-state index < -0.39 is 0 Å². The topological polar surface area (TPSA) is 52.6 Å². The molecule has 0 heterocycles. The molecule has 1 aromatic rings. The van der Waals surface area contributed by atoms with Gasteiger partial charge in [0.25, 0.3) is 0 Å². The Kier molecular flexibility index (Phi) is 9.90. The standard InChI is InChI=1S/C21H32O4/c1-5-7-11-18(6-2)15-24-20(22)13-9-14-21(23)25-19-12-8-10-16(3)17(19)4/h8,10,12,18H,5-7,9,11,13-15H2,1-4H3. The summed E-state index contributed by atoms with van der Waals surface area (Å²) in [6.45, 7) is 8.68. The summed E-state index contributed by atoms with van der Waals surface area (Å²) in [5, 5.41) is 0. The molecule has 1 rings (SSSR count). The Bertz CT molecular complexity index is 551. The number of hydrogen-bond donors (Lipinski definition) is 0. The minimum Gasteiger partial charge on any atom is -0.465 e. The normalized spacial score (nSPS) is 11.8. The molecule has 0 fully saturated rings. The van der Waals surface area contributed by atoms with Crippen LogP contribution in [0.3, 0.4) is 0 Å². The van der Waals surface area contributed by atoms with Crippen molar-refractivity contribution in [3.8, 4) is 5.75 Å². The molecule has 0 aliphatic carbocycles. The number of aryl methyl sites for hydroxylation is 1. The lowest BCUT2D eigenvalue weighted by molar-refractivity contribution is -0.145. The number of carbonyl (C=O) groups excluding carboxylic acids is 2. The van der Waals surface area contributed by atoms with Gasteiger partial charge >= 0.3 is 11.9 Å². The van der Waals surface area contributed by atoms with Crippen LogP contribution in [-0.4, -0.2) is 18.5 Å². The van der Waals surface area contributed by atoms with Gasteiger partial charge in [-0.05, 0) is 49.8 Å². The summed E-state index contributed by atoms with van der Waals surface area (Å²) in [4.78, 5) is 23.7. The monoisotopic (exact) mass is 348 g/mol. The van der Waals surface area contributed by atoms with Gasteiger partial charge in [0.15, 0.2) is 0 Å². The number of benzene rings is 1. The molecule has 0 bridgehead atoms. The van der Waals surface area contributed by atoms with Crippen molar-refractivity contribution in [3.63, 3.8) is 0 Å². The van der Waals surface area contributed by atoms with Crippen molar-refractivity contribution >= 4 is 11.9 Å². The van der Waals surface area contributed by atoms with E-state index in [0.29, 0.717) is 24.7 Å². The van der Waals surface area contributed by atoms with Crippen LogP contribution >= 0.6 is 0 Å². The average molecular weight is 348 g/mol. The summed E-state index contributed by atoms with van der Waals surface area (Å²) in [5.74, 6) is 0.498. The number of unbranched alkanes of at least 4 members (excludes halogenated alkanes) is 1. The van der Waals surface area contributed by atoms with Crippen LogP contribution in [0.2, 0.25) is 0 Å². The highest BCUT2D eigenvalue weighted by Gasteiger charge is 2.12. The number of ether oxygens (including phenoxy) is 2. The summed E-state index contributed by atoms with van der Waals surface area (Å²) >= 11 is 0. The van der Waals surface area contributed by atoms with Crippen molar-refractivity contribution in [3.05, 3.63) is 29.3 Å². The first-order valence-corrected chi connectivity index (χ1v) is 9.40. The molecule has 0 saturated heterocycles. The largest absolute Gasteiger partial charge is 0.465 e. The minimum absolute atomic E-state index is 0.218. The minimum atomic E-state index is -0.309. The highest BCUT2D eigenvalue weighted by atomic mass is 16.5. The van der Waals surface area contributed by atoms with Crippen molar-refractivity contribution in [2.45, 2.75) is 72.6 Å². The van der Waals surface area contributed by atoms with Crippen molar-refractivity contribution in [1.82, 2.24) is 0 Å². The van der Waals surface area contributed by atoms with Gasteiger partial charge in [0, 0.05) is 12.8 Å². The molecule has 0 aliphatic heterocycles. The first kappa shape index (κ1) is 21.2. The van der Waals surface area contributed by atoms with Crippen molar-refractivity contribution < 1.29 is 19.1 Å². The van der Waals surface area contributed by atoms with Gasteiger partial charge in [-0.2, -0.15) is 0 Å². The van der Waals surface area contributed by atoms with Crippen molar-refractivity contribution in [2.24, 2.45) is 5.92 Å². The zero-order valence-electron chi connectivity index (χ0n) is 16.1. The summed E-state index contributed by atoms with van der Waals surface area (Å²) in [7, 11) is 0. The molecule has 140 valence electrons. The summed E-state index contributed by atoms with van der Waals surface area (Å²) in [6.07, 6.45) is 5.38. The van der Waals surface area contributed by atoms with E-state index >= 15 is 0 Å². The van der Waals surface area contributed by atoms with Crippen LogP contribution in [0.15, 0.2) is 18.2 Å². The molecule has 1 unspecified atom stereocenters. The third kappa shape index (κ3) is 8.19. The van der Waals surface area contributed by atoms with Gasteiger partial charge in [0.1, 0.15) is 5.75 Å². The predicted octanol–water partition coefficient (Wildman–Crippen LogP) is 5.14. The van der Waals surface area contributed by atoms with Gasteiger partial charge < -0.3 is 9.47 Å². The lowest BCUT2D eigenvalue weighted by atomic mass is 10.0. The molecule has 0 N–H and O–H groups in total.